The Morgan fingerprint density at radius 1 is 1.31 bits per heavy atom. The van der Waals surface area contributed by atoms with Crippen LogP contribution in [0.4, 0.5) is 0 Å². The summed E-state index contributed by atoms with van der Waals surface area (Å²) < 4.78 is 30.2. The molecule has 2 fully saturated rings. The first kappa shape index (κ1) is 9.43. The van der Waals surface area contributed by atoms with E-state index >= 15 is 0 Å². The Hall–Kier alpha value is -0.130. The van der Waals surface area contributed by atoms with Crippen LogP contribution < -0.4 is 4.72 Å². The molecule has 0 aromatic rings. The van der Waals surface area contributed by atoms with Gasteiger partial charge >= 0.3 is 0 Å². The van der Waals surface area contributed by atoms with Crippen molar-refractivity contribution in [1.82, 2.24) is 4.72 Å². The van der Waals surface area contributed by atoms with E-state index in [0.717, 1.165) is 6.42 Å². The summed E-state index contributed by atoms with van der Waals surface area (Å²) in [5.74, 6) is 0.599. The SMILES string of the molecule is CS(=O)(=O)NC1CCOC1C1CC1. The maximum atomic E-state index is 11.0. The van der Waals surface area contributed by atoms with Crippen LogP contribution in [-0.4, -0.2) is 33.4 Å². The van der Waals surface area contributed by atoms with Gasteiger partial charge in [0.05, 0.1) is 18.4 Å². The van der Waals surface area contributed by atoms with Gasteiger partial charge in [-0.25, -0.2) is 13.1 Å². The third kappa shape index (κ3) is 2.42. The van der Waals surface area contributed by atoms with Gasteiger partial charge in [0, 0.05) is 6.61 Å². The number of nitrogens with one attached hydrogen (secondary N) is 1. The number of hydrogen-bond acceptors (Lipinski definition) is 3. The van der Waals surface area contributed by atoms with Crippen LogP contribution in [0.25, 0.3) is 0 Å². The molecule has 1 aliphatic carbocycles. The standard InChI is InChI=1S/C8H15NO3S/c1-13(10,11)9-7-4-5-12-8(7)6-2-3-6/h6-9H,2-5H2,1H3. The summed E-state index contributed by atoms with van der Waals surface area (Å²) in [6, 6.07) is 0.0162. The Morgan fingerprint density at radius 2 is 2.00 bits per heavy atom. The molecule has 1 saturated carbocycles. The van der Waals surface area contributed by atoms with E-state index in [4.69, 9.17) is 4.74 Å². The lowest BCUT2D eigenvalue weighted by Gasteiger charge is -2.17. The number of rotatable bonds is 3. The second-order valence-corrected chi connectivity index (χ2v) is 5.74. The molecule has 2 unspecified atom stereocenters. The van der Waals surface area contributed by atoms with Gasteiger partial charge in [0.15, 0.2) is 0 Å². The summed E-state index contributed by atoms with van der Waals surface area (Å²) >= 11 is 0. The maximum Gasteiger partial charge on any atom is 0.209 e. The van der Waals surface area contributed by atoms with Crippen molar-refractivity contribution in [3.05, 3.63) is 0 Å². The molecule has 76 valence electrons. The van der Waals surface area contributed by atoms with Crippen LogP contribution in [0.3, 0.4) is 0 Å². The molecular weight excluding hydrogens is 190 g/mol. The van der Waals surface area contributed by atoms with Crippen molar-refractivity contribution in [2.24, 2.45) is 5.92 Å². The van der Waals surface area contributed by atoms with E-state index in [1.165, 1.54) is 19.1 Å². The highest BCUT2D eigenvalue weighted by atomic mass is 32.2. The van der Waals surface area contributed by atoms with E-state index in [9.17, 15) is 8.42 Å². The molecule has 2 rings (SSSR count). The summed E-state index contributed by atoms with van der Waals surface area (Å²) in [6.45, 7) is 0.689. The van der Waals surface area contributed by atoms with Gasteiger partial charge in [0.2, 0.25) is 10.0 Å². The fourth-order valence-electron chi connectivity index (χ4n) is 1.90. The molecule has 1 N–H and O–H groups in total. The highest BCUT2D eigenvalue weighted by molar-refractivity contribution is 7.88. The molecule has 1 aliphatic heterocycles. The molecule has 1 heterocycles. The normalized spacial score (nSPS) is 35.2. The van der Waals surface area contributed by atoms with Crippen LogP contribution in [0.15, 0.2) is 0 Å². The van der Waals surface area contributed by atoms with Crippen molar-refractivity contribution in [2.75, 3.05) is 12.9 Å². The number of sulfonamides is 1. The van der Waals surface area contributed by atoms with Gasteiger partial charge in [-0.2, -0.15) is 0 Å². The van der Waals surface area contributed by atoms with E-state index < -0.39 is 10.0 Å². The molecule has 5 heteroatoms. The van der Waals surface area contributed by atoms with Gasteiger partial charge in [-0.05, 0) is 25.2 Å². The minimum atomic E-state index is -3.08. The molecule has 1 saturated heterocycles. The van der Waals surface area contributed by atoms with E-state index in [1.807, 2.05) is 0 Å². The van der Waals surface area contributed by atoms with Crippen LogP contribution in [-0.2, 0) is 14.8 Å². The van der Waals surface area contributed by atoms with Gasteiger partial charge in [0.25, 0.3) is 0 Å². The lowest BCUT2D eigenvalue weighted by Crippen LogP contribution is -2.40. The first-order chi connectivity index (χ1) is 6.06. The second kappa shape index (κ2) is 3.22. The highest BCUT2D eigenvalue weighted by Crippen LogP contribution is 2.38. The largest absolute Gasteiger partial charge is 0.376 e. The van der Waals surface area contributed by atoms with E-state index in [1.54, 1.807) is 0 Å². The maximum absolute atomic E-state index is 11.0. The Balaban J connectivity index is 1.97. The molecule has 0 bridgehead atoms. The minimum Gasteiger partial charge on any atom is -0.376 e. The molecule has 0 amide bonds. The summed E-state index contributed by atoms with van der Waals surface area (Å²) in [7, 11) is -3.08. The molecule has 0 radical (unpaired) electrons. The zero-order valence-corrected chi connectivity index (χ0v) is 8.51. The quantitative estimate of drug-likeness (QED) is 0.711. The van der Waals surface area contributed by atoms with Crippen LogP contribution >= 0.6 is 0 Å². The predicted octanol–water partition coefficient (Wildman–Crippen LogP) is 0.103. The van der Waals surface area contributed by atoms with E-state index in [-0.39, 0.29) is 12.1 Å². The average Bonchev–Trinajstić information content (AvgIpc) is 2.72. The average molecular weight is 205 g/mol. The lowest BCUT2D eigenvalue weighted by molar-refractivity contribution is 0.0848. The van der Waals surface area contributed by atoms with Crippen LogP contribution in [0.5, 0.6) is 0 Å². The van der Waals surface area contributed by atoms with Crippen LogP contribution in [0.1, 0.15) is 19.3 Å². The minimum absolute atomic E-state index is 0.0162. The fraction of sp³-hybridized carbons (Fsp3) is 1.00. The second-order valence-electron chi connectivity index (χ2n) is 3.96. The Kier molecular flexibility index (Phi) is 2.33. The van der Waals surface area contributed by atoms with Crippen molar-refractivity contribution in [3.8, 4) is 0 Å². The van der Waals surface area contributed by atoms with Gasteiger partial charge < -0.3 is 4.74 Å². The molecule has 13 heavy (non-hydrogen) atoms. The smallest absolute Gasteiger partial charge is 0.209 e. The zero-order valence-electron chi connectivity index (χ0n) is 7.69. The van der Waals surface area contributed by atoms with Crippen LogP contribution in [0.2, 0.25) is 0 Å². The zero-order chi connectivity index (χ0) is 9.47. The van der Waals surface area contributed by atoms with Crippen molar-refractivity contribution in [3.63, 3.8) is 0 Å². The molecule has 2 aliphatic rings. The molecule has 2 atom stereocenters. The van der Waals surface area contributed by atoms with Crippen molar-refractivity contribution in [2.45, 2.75) is 31.4 Å². The fourth-order valence-corrected chi connectivity index (χ4v) is 2.70. The highest BCUT2D eigenvalue weighted by Gasteiger charge is 2.41. The van der Waals surface area contributed by atoms with Gasteiger partial charge in [-0.3, -0.25) is 0 Å². The van der Waals surface area contributed by atoms with E-state index in [2.05, 4.69) is 4.72 Å². The molecule has 0 aromatic carbocycles. The summed E-state index contributed by atoms with van der Waals surface area (Å²) in [5.41, 5.74) is 0. The Labute approximate surface area is 78.7 Å². The Morgan fingerprint density at radius 3 is 2.54 bits per heavy atom. The third-order valence-electron chi connectivity index (χ3n) is 2.59. The summed E-state index contributed by atoms with van der Waals surface area (Å²) in [5, 5.41) is 0. The van der Waals surface area contributed by atoms with Crippen molar-refractivity contribution in [1.29, 1.82) is 0 Å². The Bertz CT molecular complexity index is 284. The van der Waals surface area contributed by atoms with Crippen molar-refractivity contribution >= 4 is 10.0 Å². The summed E-state index contributed by atoms with van der Waals surface area (Å²) in [4.78, 5) is 0. The number of ether oxygens (including phenoxy) is 1. The van der Waals surface area contributed by atoms with E-state index in [0.29, 0.717) is 12.5 Å². The third-order valence-corrected chi connectivity index (χ3v) is 3.32. The van der Waals surface area contributed by atoms with Gasteiger partial charge in [0.1, 0.15) is 0 Å². The first-order valence-corrected chi connectivity index (χ1v) is 6.54. The molecule has 0 aromatic heterocycles. The first-order valence-electron chi connectivity index (χ1n) is 4.65. The monoisotopic (exact) mass is 205 g/mol. The molecule has 0 spiro atoms. The topological polar surface area (TPSA) is 55.4 Å². The molecule has 4 nitrogen and oxygen atoms in total. The number of hydrogen-bond donors (Lipinski definition) is 1. The molecular formula is C8H15NO3S. The summed E-state index contributed by atoms with van der Waals surface area (Å²) in [6.07, 6.45) is 4.53. The van der Waals surface area contributed by atoms with Crippen LogP contribution in [0, 0.1) is 5.92 Å². The van der Waals surface area contributed by atoms with Gasteiger partial charge in [-0.1, -0.05) is 0 Å². The predicted molar refractivity (Wildman–Crippen MR) is 48.8 cm³/mol. The van der Waals surface area contributed by atoms with Crippen molar-refractivity contribution < 1.29 is 13.2 Å². The lowest BCUT2D eigenvalue weighted by atomic mass is 10.1. The van der Waals surface area contributed by atoms with Gasteiger partial charge in [-0.15, -0.1) is 0 Å².